The number of H-pyrrole nitrogens is 1. The van der Waals surface area contributed by atoms with Crippen LogP contribution < -0.4 is 10.9 Å². The fourth-order valence-electron chi connectivity index (χ4n) is 2.68. The molecule has 3 aromatic rings. The molecule has 2 aromatic heterocycles. The number of benzene rings is 1. The summed E-state index contributed by atoms with van der Waals surface area (Å²) in [7, 11) is 1.57. The van der Waals surface area contributed by atoms with E-state index in [0.29, 0.717) is 11.3 Å². The lowest BCUT2D eigenvalue weighted by Gasteiger charge is -2.26. The molecule has 0 aliphatic heterocycles. The molecule has 0 radical (unpaired) electrons. The van der Waals surface area contributed by atoms with E-state index in [0.717, 1.165) is 6.07 Å². The number of aromatic nitrogens is 2. The van der Waals surface area contributed by atoms with Crippen molar-refractivity contribution in [2.45, 2.75) is 13.0 Å². The van der Waals surface area contributed by atoms with Gasteiger partial charge in [-0.2, -0.15) is 0 Å². The van der Waals surface area contributed by atoms with Crippen molar-refractivity contribution >= 4 is 22.5 Å². The summed E-state index contributed by atoms with van der Waals surface area (Å²) in [5.41, 5.74) is 0.339. The fraction of sp³-hybridized carbons (Fsp3) is 0.167. The number of anilines is 1. The van der Waals surface area contributed by atoms with E-state index in [2.05, 4.69) is 15.3 Å². The average Bonchev–Trinajstić information content (AvgIpc) is 2.64. The first-order valence-electron chi connectivity index (χ1n) is 7.83. The van der Waals surface area contributed by atoms with Crippen molar-refractivity contribution in [3.8, 4) is 0 Å². The van der Waals surface area contributed by atoms with Crippen LogP contribution in [0.1, 0.15) is 18.5 Å². The molecule has 3 rings (SSSR count). The number of fused-ring (bicyclic) bond motifs is 1. The van der Waals surface area contributed by atoms with Gasteiger partial charge in [-0.3, -0.25) is 9.78 Å². The average molecular weight is 358 g/mol. The smallest absolute Gasteiger partial charge is 0.322 e. The van der Waals surface area contributed by atoms with Crippen LogP contribution in [0.3, 0.4) is 0 Å². The summed E-state index contributed by atoms with van der Waals surface area (Å²) in [5.74, 6) is -2.31. The molecule has 0 fully saturated rings. The topological polar surface area (TPSA) is 78.1 Å². The van der Waals surface area contributed by atoms with Crippen LogP contribution in [0.15, 0.2) is 47.7 Å². The number of hydrogen-bond donors (Lipinski definition) is 2. The number of carbonyl (C=O) groups excluding carboxylic acids is 1. The third kappa shape index (κ3) is 3.13. The predicted molar refractivity (Wildman–Crippen MR) is 93.9 cm³/mol. The molecule has 2 amide bonds. The Morgan fingerprint density at radius 2 is 1.92 bits per heavy atom. The van der Waals surface area contributed by atoms with Gasteiger partial charge in [-0.1, -0.05) is 6.07 Å². The second kappa shape index (κ2) is 6.91. The Balaban J connectivity index is 1.96. The van der Waals surface area contributed by atoms with Gasteiger partial charge in [0.15, 0.2) is 11.6 Å². The molecule has 1 aromatic carbocycles. The third-order valence-electron chi connectivity index (χ3n) is 4.27. The monoisotopic (exact) mass is 358 g/mol. The van der Waals surface area contributed by atoms with Crippen LogP contribution in [0.25, 0.3) is 10.8 Å². The molecular formula is C18H16F2N4O2. The molecule has 26 heavy (non-hydrogen) atoms. The molecule has 0 unspecified atom stereocenters. The molecule has 134 valence electrons. The van der Waals surface area contributed by atoms with Crippen molar-refractivity contribution in [1.82, 2.24) is 14.9 Å². The number of nitrogens with zero attached hydrogens (tertiary/aromatic N) is 2. The minimum absolute atomic E-state index is 0.253. The molecule has 0 saturated heterocycles. The minimum Gasteiger partial charge on any atom is -0.328 e. The quantitative estimate of drug-likeness (QED) is 0.753. The van der Waals surface area contributed by atoms with Crippen molar-refractivity contribution in [1.29, 1.82) is 0 Å². The molecule has 0 spiro atoms. The molecule has 0 aliphatic rings. The number of amides is 2. The maximum Gasteiger partial charge on any atom is 0.322 e. The van der Waals surface area contributed by atoms with Crippen LogP contribution >= 0.6 is 0 Å². The molecule has 8 heteroatoms. The highest BCUT2D eigenvalue weighted by molar-refractivity contribution is 5.90. The van der Waals surface area contributed by atoms with E-state index in [9.17, 15) is 18.4 Å². The number of carbonyl (C=O) groups is 1. The van der Waals surface area contributed by atoms with Crippen LogP contribution in [-0.2, 0) is 0 Å². The van der Waals surface area contributed by atoms with E-state index in [1.54, 1.807) is 38.5 Å². The van der Waals surface area contributed by atoms with Crippen LogP contribution in [0.4, 0.5) is 19.3 Å². The Morgan fingerprint density at radius 1 is 1.23 bits per heavy atom. The molecule has 0 saturated carbocycles. The Bertz CT molecular complexity index is 1020. The van der Waals surface area contributed by atoms with Gasteiger partial charge in [0.2, 0.25) is 0 Å². The van der Waals surface area contributed by atoms with E-state index in [-0.39, 0.29) is 10.8 Å². The van der Waals surface area contributed by atoms with Gasteiger partial charge < -0.3 is 15.2 Å². The predicted octanol–water partition coefficient (Wildman–Crippen LogP) is 3.43. The van der Waals surface area contributed by atoms with Crippen molar-refractivity contribution in [2.75, 3.05) is 12.4 Å². The zero-order chi connectivity index (χ0) is 18.8. The van der Waals surface area contributed by atoms with Crippen molar-refractivity contribution < 1.29 is 13.6 Å². The number of hydrogen-bond acceptors (Lipinski definition) is 3. The van der Waals surface area contributed by atoms with Gasteiger partial charge in [0, 0.05) is 31.3 Å². The van der Waals surface area contributed by atoms with Gasteiger partial charge >= 0.3 is 6.03 Å². The zero-order valence-electron chi connectivity index (χ0n) is 14.1. The first kappa shape index (κ1) is 17.5. The van der Waals surface area contributed by atoms with E-state index in [1.165, 1.54) is 17.2 Å². The second-order valence-electron chi connectivity index (χ2n) is 5.81. The first-order chi connectivity index (χ1) is 12.4. The standard InChI is InChI=1S/C18H16F2N4O2/c1-10(24(2)18(26)23-11-5-7-21-8-6-11)13-9-22-17(25)15-12(13)3-4-14(19)16(15)20/h3-10H,1-2H3,(H,22,25)(H,21,23,26)/t10-/m0/s1. The van der Waals surface area contributed by atoms with Gasteiger partial charge in [0.25, 0.3) is 5.56 Å². The van der Waals surface area contributed by atoms with Gasteiger partial charge in [-0.15, -0.1) is 0 Å². The maximum atomic E-state index is 14.1. The molecular weight excluding hydrogens is 342 g/mol. The van der Waals surface area contributed by atoms with Crippen LogP contribution in [0, 0.1) is 11.6 Å². The summed E-state index contributed by atoms with van der Waals surface area (Å²) in [6.07, 6.45) is 4.50. The number of halogens is 2. The van der Waals surface area contributed by atoms with Crippen LogP contribution in [-0.4, -0.2) is 27.9 Å². The summed E-state index contributed by atoms with van der Waals surface area (Å²) >= 11 is 0. The minimum atomic E-state index is -1.21. The number of pyridine rings is 2. The van der Waals surface area contributed by atoms with Gasteiger partial charge in [-0.25, -0.2) is 13.6 Å². The van der Waals surface area contributed by atoms with Gasteiger partial charge in [0.1, 0.15) is 0 Å². The maximum absolute atomic E-state index is 14.1. The van der Waals surface area contributed by atoms with Gasteiger partial charge in [-0.05, 0) is 36.1 Å². The van der Waals surface area contributed by atoms with Crippen LogP contribution in [0.5, 0.6) is 0 Å². The molecule has 6 nitrogen and oxygen atoms in total. The Labute approximate surface area is 147 Å². The number of urea groups is 1. The summed E-state index contributed by atoms with van der Waals surface area (Å²) < 4.78 is 27.5. The SMILES string of the molecule is C[C@@H](c1c[nH]c(=O)c2c(F)c(F)ccc12)N(C)C(=O)Nc1ccncc1. The lowest BCUT2D eigenvalue weighted by Crippen LogP contribution is -2.34. The highest BCUT2D eigenvalue weighted by atomic mass is 19.2. The van der Waals surface area contributed by atoms with E-state index in [4.69, 9.17) is 0 Å². The Morgan fingerprint density at radius 3 is 2.62 bits per heavy atom. The zero-order valence-corrected chi connectivity index (χ0v) is 14.1. The van der Waals surface area contributed by atoms with E-state index in [1.807, 2.05) is 0 Å². The molecule has 1 atom stereocenters. The van der Waals surface area contributed by atoms with Crippen molar-refractivity contribution in [3.05, 3.63) is 70.4 Å². The number of rotatable bonds is 3. The Kier molecular flexibility index (Phi) is 4.66. The highest BCUT2D eigenvalue weighted by Crippen LogP contribution is 2.27. The summed E-state index contributed by atoms with van der Waals surface area (Å²) in [6.45, 7) is 1.72. The third-order valence-corrected chi connectivity index (χ3v) is 4.27. The van der Waals surface area contributed by atoms with E-state index >= 15 is 0 Å². The normalized spacial score (nSPS) is 12.0. The molecule has 0 aliphatic carbocycles. The molecule has 2 N–H and O–H groups in total. The number of aromatic amines is 1. The second-order valence-corrected chi connectivity index (χ2v) is 5.81. The molecule has 2 heterocycles. The number of nitrogens with one attached hydrogen (secondary N) is 2. The fourth-order valence-corrected chi connectivity index (χ4v) is 2.68. The highest BCUT2D eigenvalue weighted by Gasteiger charge is 2.22. The van der Waals surface area contributed by atoms with Gasteiger partial charge in [0.05, 0.1) is 11.4 Å². The largest absolute Gasteiger partial charge is 0.328 e. The lowest BCUT2D eigenvalue weighted by molar-refractivity contribution is 0.208. The summed E-state index contributed by atoms with van der Waals surface area (Å²) in [6, 6.07) is 4.67. The summed E-state index contributed by atoms with van der Waals surface area (Å²) in [4.78, 5) is 32.0. The van der Waals surface area contributed by atoms with Crippen molar-refractivity contribution in [3.63, 3.8) is 0 Å². The molecule has 0 bridgehead atoms. The van der Waals surface area contributed by atoms with E-state index < -0.39 is 29.3 Å². The first-order valence-corrected chi connectivity index (χ1v) is 7.83. The lowest BCUT2D eigenvalue weighted by atomic mass is 10.0. The summed E-state index contributed by atoms with van der Waals surface area (Å²) in [5, 5.41) is 2.60. The van der Waals surface area contributed by atoms with Crippen molar-refractivity contribution in [2.24, 2.45) is 0 Å². The van der Waals surface area contributed by atoms with Crippen LogP contribution in [0.2, 0.25) is 0 Å². The Hall–Kier alpha value is -3.29.